The Balaban J connectivity index is 2.24. The first-order valence-electron chi connectivity index (χ1n) is 7.61. The van der Waals surface area contributed by atoms with Gasteiger partial charge in [-0.05, 0) is 68.3 Å². The number of rotatable bonds is 3. The highest BCUT2D eigenvalue weighted by Crippen LogP contribution is 2.35. The third kappa shape index (κ3) is 3.56. The molecule has 106 valence electrons. The van der Waals surface area contributed by atoms with Crippen molar-refractivity contribution in [3.8, 4) is 0 Å². The Bertz CT molecular complexity index is 404. The summed E-state index contributed by atoms with van der Waals surface area (Å²) in [6, 6.07) is 4.36. The number of benzene rings is 1. The van der Waals surface area contributed by atoms with Gasteiger partial charge in [0.05, 0.1) is 0 Å². The van der Waals surface area contributed by atoms with Crippen LogP contribution >= 0.6 is 0 Å². The Morgan fingerprint density at radius 2 is 1.95 bits per heavy atom. The lowest BCUT2D eigenvalue weighted by atomic mass is 9.86. The van der Waals surface area contributed by atoms with Gasteiger partial charge >= 0.3 is 0 Å². The molecule has 0 spiro atoms. The van der Waals surface area contributed by atoms with E-state index in [0.29, 0.717) is 12.0 Å². The number of hydrogen-bond donors (Lipinski definition) is 1. The molecule has 0 heterocycles. The van der Waals surface area contributed by atoms with E-state index in [4.69, 9.17) is 0 Å². The third-order valence-corrected chi connectivity index (χ3v) is 4.31. The molecule has 1 saturated carbocycles. The highest BCUT2D eigenvalue weighted by Gasteiger charge is 2.24. The first-order chi connectivity index (χ1) is 9.11. The van der Waals surface area contributed by atoms with E-state index in [-0.39, 0.29) is 5.82 Å². The summed E-state index contributed by atoms with van der Waals surface area (Å²) in [5.41, 5.74) is 3.12. The zero-order valence-corrected chi connectivity index (χ0v) is 12.4. The summed E-state index contributed by atoms with van der Waals surface area (Å²) in [4.78, 5) is 0. The molecule has 2 heteroatoms. The lowest BCUT2D eigenvalue weighted by molar-refractivity contribution is 0.440. The molecule has 1 nitrogen and oxygen atoms in total. The molecule has 1 aliphatic rings. The van der Waals surface area contributed by atoms with Crippen LogP contribution in [0.5, 0.6) is 0 Å². The van der Waals surface area contributed by atoms with Gasteiger partial charge in [0.1, 0.15) is 5.82 Å². The van der Waals surface area contributed by atoms with Crippen LogP contribution in [0.1, 0.15) is 61.6 Å². The molecular weight excluding hydrogens is 237 g/mol. The van der Waals surface area contributed by atoms with Crippen molar-refractivity contribution in [2.45, 2.75) is 64.8 Å². The molecule has 0 aromatic heterocycles. The maximum absolute atomic E-state index is 14.3. The second kappa shape index (κ2) is 6.51. The van der Waals surface area contributed by atoms with Crippen LogP contribution in [0.25, 0.3) is 0 Å². The predicted octanol–water partition coefficient (Wildman–Crippen LogP) is 4.47. The second-order valence-corrected chi connectivity index (χ2v) is 5.95. The van der Waals surface area contributed by atoms with Gasteiger partial charge in [-0.2, -0.15) is 0 Å². The molecule has 1 aliphatic carbocycles. The summed E-state index contributed by atoms with van der Waals surface area (Å²) in [7, 11) is 0. The van der Waals surface area contributed by atoms with E-state index >= 15 is 0 Å². The molecule has 0 saturated heterocycles. The Labute approximate surface area is 116 Å². The summed E-state index contributed by atoms with van der Waals surface area (Å²) >= 11 is 0. The molecule has 2 rings (SSSR count). The van der Waals surface area contributed by atoms with Gasteiger partial charge < -0.3 is 5.32 Å². The zero-order valence-electron chi connectivity index (χ0n) is 12.4. The summed E-state index contributed by atoms with van der Waals surface area (Å²) in [6.45, 7) is 7.18. The van der Waals surface area contributed by atoms with E-state index in [1.54, 1.807) is 6.07 Å². The molecule has 1 aromatic rings. The van der Waals surface area contributed by atoms with Gasteiger partial charge in [0.25, 0.3) is 0 Å². The minimum absolute atomic E-state index is 0.000325. The van der Waals surface area contributed by atoms with Crippen molar-refractivity contribution in [3.63, 3.8) is 0 Å². The average molecular weight is 263 g/mol. The molecule has 0 aliphatic heterocycles. The highest BCUT2D eigenvalue weighted by atomic mass is 19.1. The van der Waals surface area contributed by atoms with E-state index < -0.39 is 0 Å². The van der Waals surface area contributed by atoms with E-state index in [1.165, 1.54) is 19.3 Å². The Morgan fingerprint density at radius 1 is 1.21 bits per heavy atom. The summed E-state index contributed by atoms with van der Waals surface area (Å²) in [5.74, 6) is 0.381. The molecule has 0 bridgehead atoms. The van der Waals surface area contributed by atoms with Crippen molar-refractivity contribution in [1.82, 2.24) is 5.32 Å². The van der Waals surface area contributed by atoms with E-state index in [2.05, 4.69) is 25.2 Å². The monoisotopic (exact) mass is 263 g/mol. The largest absolute Gasteiger partial charge is 0.314 e. The molecule has 1 aromatic carbocycles. The van der Waals surface area contributed by atoms with Crippen LogP contribution in [0.2, 0.25) is 0 Å². The highest BCUT2D eigenvalue weighted by molar-refractivity contribution is 5.35. The molecule has 0 amide bonds. The second-order valence-electron chi connectivity index (χ2n) is 5.95. The normalized spacial score (nSPS) is 24.2. The van der Waals surface area contributed by atoms with Gasteiger partial charge in [0.15, 0.2) is 0 Å². The zero-order chi connectivity index (χ0) is 13.8. The molecule has 19 heavy (non-hydrogen) atoms. The maximum atomic E-state index is 14.3. The molecule has 0 radical (unpaired) electrons. The lowest BCUT2D eigenvalue weighted by Gasteiger charge is -2.23. The number of halogens is 1. The molecule has 1 fully saturated rings. The van der Waals surface area contributed by atoms with Gasteiger partial charge in [-0.25, -0.2) is 4.39 Å². The Morgan fingerprint density at radius 3 is 2.63 bits per heavy atom. The van der Waals surface area contributed by atoms with Crippen LogP contribution in [0.4, 0.5) is 4.39 Å². The van der Waals surface area contributed by atoms with Crippen LogP contribution in [-0.2, 0) is 0 Å². The fraction of sp³-hybridized carbons (Fsp3) is 0.647. The number of nitrogens with one attached hydrogen (secondary N) is 1. The van der Waals surface area contributed by atoms with Crippen molar-refractivity contribution >= 4 is 0 Å². The lowest BCUT2D eigenvalue weighted by Crippen LogP contribution is -2.29. The first kappa shape index (κ1) is 14.5. The predicted molar refractivity (Wildman–Crippen MR) is 79.2 cm³/mol. The first-order valence-corrected chi connectivity index (χ1v) is 7.61. The topological polar surface area (TPSA) is 12.0 Å². The molecule has 2 unspecified atom stereocenters. The van der Waals surface area contributed by atoms with E-state index in [9.17, 15) is 4.39 Å². The van der Waals surface area contributed by atoms with E-state index in [1.807, 2.05) is 6.92 Å². The number of hydrogen-bond acceptors (Lipinski definition) is 1. The molecule has 1 N–H and O–H groups in total. The SMILES string of the molecule is CCNC1CCCCC(c2c(C)cc(C)cc2F)C1. The molecular formula is C17H26FN. The summed E-state index contributed by atoms with van der Waals surface area (Å²) in [5, 5.41) is 3.55. The van der Waals surface area contributed by atoms with Crippen LogP contribution in [-0.4, -0.2) is 12.6 Å². The minimum Gasteiger partial charge on any atom is -0.314 e. The smallest absolute Gasteiger partial charge is 0.127 e. The fourth-order valence-electron chi connectivity index (χ4n) is 3.54. The third-order valence-electron chi connectivity index (χ3n) is 4.31. The summed E-state index contributed by atoms with van der Waals surface area (Å²) < 4.78 is 14.3. The van der Waals surface area contributed by atoms with Gasteiger partial charge in [-0.1, -0.05) is 25.8 Å². The van der Waals surface area contributed by atoms with Crippen molar-refractivity contribution in [2.24, 2.45) is 0 Å². The van der Waals surface area contributed by atoms with Gasteiger partial charge in [0.2, 0.25) is 0 Å². The molecule has 2 atom stereocenters. The Hall–Kier alpha value is -0.890. The van der Waals surface area contributed by atoms with Crippen LogP contribution < -0.4 is 5.32 Å². The van der Waals surface area contributed by atoms with Crippen molar-refractivity contribution < 1.29 is 4.39 Å². The van der Waals surface area contributed by atoms with Crippen LogP contribution in [0.15, 0.2) is 12.1 Å². The minimum atomic E-state index is -0.000325. The van der Waals surface area contributed by atoms with Crippen LogP contribution in [0, 0.1) is 19.7 Å². The van der Waals surface area contributed by atoms with Crippen molar-refractivity contribution in [1.29, 1.82) is 0 Å². The van der Waals surface area contributed by atoms with Gasteiger partial charge in [-0.15, -0.1) is 0 Å². The Kier molecular flexibility index (Phi) is 4.98. The quantitative estimate of drug-likeness (QED) is 0.793. The average Bonchev–Trinajstić information content (AvgIpc) is 2.54. The fourth-order valence-corrected chi connectivity index (χ4v) is 3.54. The number of aryl methyl sites for hydroxylation is 2. The van der Waals surface area contributed by atoms with Crippen molar-refractivity contribution in [3.05, 3.63) is 34.6 Å². The van der Waals surface area contributed by atoms with Gasteiger partial charge in [0, 0.05) is 6.04 Å². The summed E-state index contributed by atoms with van der Waals surface area (Å²) in [6.07, 6.45) is 5.92. The van der Waals surface area contributed by atoms with Gasteiger partial charge in [-0.3, -0.25) is 0 Å². The maximum Gasteiger partial charge on any atom is 0.127 e. The van der Waals surface area contributed by atoms with Crippen LogP contribution in [0.3, 0.4) is 0 Å². The standard InChI is InChI=1S/C17H26FN/c1-4-19-15-8-6-5-7-14(11-15)17-13(3)9-12(2)10-16(17)18/h9-10,14-15,19H,4-8,11H2,1-3H3. The van der Waals surface area contributed by atoms with Crippen molar-refractivity contribution in [2.75, 3.05) is 6.54 Å². The van der Waals surface area contributed by atoms with E-state index in [0.717, 1.165) is 36.1 Å².